The Morgan fingerprint density at radius 3 is 2.94 bits per heavy atom. The molecular formula is C10H8BrClN4O. The van der Waals surface area contributed by atoms with Gasteiger partial charge in [0.25, 0.3) is 5.91 Å². The fourth-order valence-electron chi connectivity index (χ4n) is 1.24. The van der Waals surface area contributed by atoms with E-state index in [1.165, 1.54) is 6.33 Å². The third-order valence-electron chi connectivity index (χ3n) is 2.13. The molecule has 1 aromatic carbocycles. The van der Waals surface area contributed by atoms with E-state index < -0.39 is 0 Å². The van der Waals surface area contributed by atoms with Crippen LogP contribution in [0.2, 0.25) is 5.02 Å². The molecule has 1 aromatic heterocycles. The number of halogens is 2. The van der Waals surface area contributed by atoms with Crippen LogP contribution in [-0.2, 0) is 0 Å². The number of aryl methyl sites for hydroxylation is 1. The van der Waals surface area contributed by atoms with Crippen LogP contribution in [0.4, 0.5) is 5.69 Å². The zero-order valence-corrected chi connectivity index (χ0v) is 11.1. The number of benzene rings is 1. The number of carbonyl (C=O) groups excluding carboxylic acids is 1. The quantitative estimate of drug-likeness (QED) is 0.895. The fraction of sp³-hybridized carbons (Fsp3) is 0.100. The van der Waals surface area contributed by atoms with E-state index in [0.717, 1.165) is 10.0 Å². The van der Waals surface area contributed by atoms with E-state index in [0.29, 0.717) is 10.7 Å². The molecule has 88 valence electrons. The van der Waals surface area contributed by atoms with Crippen molar-refractivity contribution in [1.82, 2.24) is 15.2 Å². The summed E-state index contributed by atoms with van der Waals surface area (Å²) in [5.41, 5.74) is 1.51. The molecule has 0 fully saturated rings. The van der Waals surface area contributed by atoms with Crippen molar-refractivity contribution in [3.63, 3.8) is 0 Å². The van der Waals surface area contributed by atoms with Gasteiger partial charge in [-0.1, -0.05) is 11.6 Å². The molecule has 1 amide bonds. The van der Waals surface area contributed by atoms with E-state index in [4.69, 9.17) is 11.6 Å². The van der Waals surface area contributed by atoms with E-state index in [9.17, 15) is 4.79 Å². The standard InChI is InChI=1S/C10H8BrClN4O/c1-5-2-6(11)8(3-7(5)12)15-10(17)9-13-4-14-16-9/h2-4H,1H3,(H,15,17)(H,13,14,16). The average molecular weight is 316 g/mol. The van der Waals surface area contributed by atoms with Crippen molar-refractivity contribution in [2.24, 2.45) is 0 Å². The molecule has 1 heterocycles. The van der Waals surface area contributed by atoms with Crippen LogP contribution in [0.3, 0.4) is 0 Å². The Morgan fingerprint density at radius 2 is 2.29 bits per heavy atom. The molecule has 0 aliphatic rings. The lowest BCUT2D eigenvalue weighted by molar-refractivity contribution is 0.101. The molecule has 0 bridgehead atoms. The van der Waals surface area contributed by atoms with Gasteiger partial charge in [0.15, 0.2) is 0 Å². The molecule has 2 aromatic rings. The van der Waals surface area contributed by atoms with E-state index >= 15 is 0 Å². The Morgan fingerprint density at radius 1 is 1.53 bits per heavy atom. The average Bonchev–Trinajstić information content (AvgIpc) is 2.79. The topological polar surface area (TPSA) is 70.7 Å². The molecule has 5 nitrogen and oxygen atoms in total. The minimum Gasteiger partial charge on any atom is -0.318 e. The molecule has 0 aliphatic heterocycles. The van der Waals surface area contributed by atoms with Crippen molar-refractivity contribution < 1.29 is 4.79 Å². The summed E-state index contributed by atoms with van der Waals surface area (Å²) >= 11 is 9.34. The summed E-state index contributed by atoms with van der Waals surface area (Å²) in [5, 5.41) is 9.35. The number of aromatic nitrogens is 3. The molecule has 0 unspecified atom stereocenters. The predicted molar refractivity (Wildman–Crippen MR) is 68.2 cm³/mol. The summed E-state index contributed by atoms with van der Waals surface area (Å²) in [6.07, 6.45) is 1.27. The maximum atomic E-state index is 11.7. The highest BCUT2D eigenvalue weighted by atomic mass is 79.9. The summed E-state index contributed by atoms with van der Waals surface area (Å²) < 4.78 is 0.757. The van der Waals surface area contributed by atoms with Gasteiger partial charge in [0.2, 0.25) is 5.82 Å². The van der Waals surface area contributed by atoms with Crippen LogP contribution in [0.15, 0.2) is 22.9 Å². The van der Waals surface area contributed by atoms with Crippen LogP contribution in [0.5, 0.6) is 0 Å². The summed E-state index contributed by atoms with van der Waals surface area (Å²) in [5.74, 6) is -0.225. The first kappa shape index (κ1) is 12.1. The maximum absolute atomic E-state index is 11.7. The second-order valence-electron chi connectivity index (χ2n) is 3.37. The first-order chi connectivity index (χ1) is 8.08. The van der Waals surface area contributed by atoms with Gasteiger partial charge in [-0.25, -0.2) is 4.98 Å². The number of nitrogens with zero attached hydrogens (tertiary/aromatic N) is 2. The Labute approximate surface area is 111 Å². The molecule has 0 saturated heterocycles. The SMILES string of the molecule is Cc1cc(Br)c(NC(=O)c2ncn[nH]2)cc1Cl. The molecule has 2 rings (SSSR count). The van der Waals surface area contributed by atoms with E-state index in [1.54, 1.807) is 6.07 Å². The van der Waals surface area contributed by atoms with Gasteiger partial charge in [0, 0.05) is 9.50 Å². The second-order valence-corrected chi connectivity index (χ2v) is 4.63. The van der Waals surface area contributed by atoms with Gasteiger partial charge >= 0.3 is 0 Å². The summed E-state index contributed by atoms with van der Waals surface area (Å²) in [7, 11) is 0. The normalized spacial score (nSPS) is 10.3. The molecular weight excluding hydrogens is 307 g/mol. The first-order valence-electron chi connectivity index (χ1n) is 4.70. The number of carbonyl (C=O) groups is 1. The van der Waals surface area contributed by atoms with E-state index in [1.807, 2.05) is 13.0 Å². The van der Waals surface area contributed by atoms with Gasteiger partial charge in [-0.05, 0) is 40.5 Å². The maximum Gasteiger partial charge on any atom is 0.293 e. The van der Waals surface area contributed by atoms with E-state index in [-0.39, 0.29) is 11.7 Å². The summed E-state index contributed by atoms with van der Waals surface area (Å²) in [6, 6.07) is 3.51. The Hall–Kier alpha value is -1.40. The highest BCUT2D eigenvalue weighted by molar-refractivity contribution is 9.10. The Balaban J connectivity index is 2.25. The van der Waals surface area contributed by atoms with Crippen LogP contribution in [-0.4, -0.2) is 21.1 Å². The molecule has 0 aliphatic carbocycles. The zero-order valence-electron chi connectivity index (χ0n) is 8.79. The predicted octanol–water partition coefficient (Wildman–Crippen LogP) is 2.78. The number of aromatic amines is 1. The van der Waals surface area contributed by atoms with Crippen LogP contribution in [0.1, 0.15) is 16.2 Å². The molecule has 0 radical (unpaired) electrons. The largest absolute Gasteiger partial charge is 0.318 e. The molecule has 0 atom stereocenters. The number of nitrogens with one attached hydrogen (secondary N) is 2. The van der Waals surface area contributed by atoms with Crippen molar-refractivity contribution in [2.75, 3.05) is 5.32 Å². The van der Waals surface area contributed by atoms with Crippen LogP contribution in [0.25, 0.3) is 0 Å². The number of hydrogen-bond acceptors (Lipinski definition) is 3. The van der Waals surface area contributed by atoms with Gasteiger partial charge in [-0.15, -0.1) is 0 Å². The van der Waals surface area contributed by atoms with Crippen molar-refractivity contribution >= 4 is 39.1 Å². The Bertz CT molecular complexity index is 556. The van der Waals surface area contributed by atoms with Gasteiger partial charge < -0.3 is 5.32 Å². The van der Waals surface area contributed by atoms with Crippen LogP contribution >= 0.6 is 27.5 Å². The third-order valence-corrected chi connectivity index (χ3v) is 3.19. The second kappa shape index (κ2) is 4.85. The monoisotopic (exact) mass is 314 g/mol. The molecule has 7 heteroatoms. The molecule has 17 heavy (non-hydrogen) atoms. The van der Waals surface area contributed by atoms with Crippen LogP contribution < -0.4 is 5.32 Å². The number of H-pyrrole nitrogens is 1. The summed E-state index contributed by atoms with van der Waals surface area (Å²) in [4.78, 5) is 15.5. The minimum absolute atomic E-state index is 0.147. The number of amides is 1. The lowest BCUT2D eigenvalue weighted by Gasteiger charge is -2.08. The highest BCUT2D eigenvalue weighted by Crippen LogP contribution is 2.29. The lowest BCUT2D eigenvalue weighted by atomic mass is 10.2. The van der Waals surface area contributed by atoms with Crippen molar-refractivity contribution in [3.05, 3.63) is 39.3 Å². The smallest absolute Gasteiger partial charge is 0.293 e. The van der Waals surface area contributed by atoms with Crippen molar-refractivity contribution in [3.8, 4) is 0 Å². The van der Waals surface area contributed by atoms with Crippen LogP contribution in [0, 0.1) is 6.92 Å². The molecule has 0 spiro atoms. The van der Waals surface area contributed by atoms with Crippen molar-refractivity contribution in [2.45, 2.75) is 6.92 Å². The lowest BCUT2D eigenvalue weighted by Crippen LogP contribution is -2.14. The number of anilines is 1. The zero-order chi connectivity index (χ0) is 12.4. The first-order valence-corrected chi connectivity index (χ1v) is 5.87. The fourth-order valence-corrected chi connectivity index (χ4v) is 1.96. The number of hydrogen-bond donors (Lipinski definition) is 2. The molecule has 0 saturated carbocycles. The highest BCUT2D eigenvalue weighted by Gasteiger charge is 2.12. The van der Waals surface area contributed by atoms with Crippen molar-refractivity contribution in [1.29, 1.82) is 0 Å². The van der Waals surface area contributed by atoms with Gasteiger partial charge in [-0.2, -0.15) is 5.10 Å². The summed E-state index contributed by atoms with van der Waals surface area (Å²) in [6.45, 7) is 1.88. The van der Waals surface area contributed by atoms with E-state index in [2.05, 4.69) is 36.4 Å². The Kier molecular flexibility index (Phi) is 3.44. The minimum atomic E-state index is -0.372. The molecule has 2 N–H and O–H groups in total. The van der Waals surface area contributed by atoms with Gasteiger partial charge in [0.05, 0.1) is 5.69 Å². The van der Waals surface area contributed by atoms with Gasteiger partial charge in [0.1, 0.15) is 6.33 Å². The number of rotatable bonds is 2. The van der Waals surface area contributed by atoms with Gasteiger partial charge in [-0.3, -0.25) is 9.89 Å². The third kappa shape index (κ3) is 2.65.